The fraction of sp³-hybridized carbons (Fsp3) is 0.312. The standard InChI is InChI=1S/C16H18F2N2/c1-19-14(9-8-13-6-2-3-10-20-13)11-12-5-4-7-15(17)16(12)18/h2-7,10,14,19H,8-9,11H2,1H3. The lowest BCUT2D eigenvalue weighted by atomic mass is 10.0. The SMILES string of the molecule is CNC(CCc1ccccn1)Cc1cccc(F)c1F. The molecule has 0 amide bonds. The predicted octanol–water partition coefficient (Wildman–Crippen LogP) is 3.12. The van der Waals surface area contributed by atoms with Gasteiger partial charge in [-0.2, -0.15) is 0 Å². The fourth-order valence-corrected chi connectivity index (χ4v) is 2.19. The zero-order chi connectivity index (χ0) is 14.4. The van der Waals surface area contributed by atoms with E-state index >= 15 is 0 Å². The van der Waals surface area contributed by atoms with E-state index in [0.717, 1.165) is 24.6 Å². The van der Waals surface area contributed by atoms with Gasteiger partial charge >= 0.3 is 0 Å². The van der Waals surface area contributed by atoms with Crippen molar-refractivity contribution in [2.24, 2.45) is 0 Å². The van der Waals surface area contributed by atoms with Crippen molar-refractivity contribution in [2.75, 3.05) is 7.05 Å². The first kappa shape index (κ1) is 14.6. The highest BCUT2D eigenvalue weighted by Crippen LogP contribution is 2.15. The van der Waals surface area contributed by atoms with Crippen LogP contribution in [-0.2, 0) is 12.8 Å². The molecule has 1 atom stereocenters. The smallest absolute Gasteiger partial charge is 0.162 e. The minimum atomic E-state index is -0.790. The van der Waals surface area contributed by atoms with Crippen molar-refractivity contribution in [3.05, 3.63) is 65.5 Å². The van der Waals surface area contributed by atoms with Crippen LogP contribution in [0, 0.1) is 11.6 Å². The Morgan fingerprint density at radius 2 is 2.00 bits per heavy atom. The lowest BCUT2D eigenvalue weighted by Gasteiger charge is -2.16. The Morgan fingerprint density at radius 3 is 2.70 bits per heavy atom. The molecule has 0 saturated heterocycles. The molecule has 0 fully saturated rings. The van der Waals surface area contributed by atoms with E-state index in [2.05, 4.69) is 10.3 Å². The van der Waals surface area contributed by atoms with Crippen LogP contribution in [-0.4, -0.2) is 18.1 Å². The Bertz CT molecular complexity index is 543. The molecule has 2 nitrogen and oxygen atoms in total. The molecule has 1 unspecified atom stereocenters. The van der Waals surface area contributed by atoms with Crippen molar-refractivity contribution in [3.63, 3.8) is 0 Å². The summed E-state index contributed by atoms with van der Waals surface area (Å²) in [7, 11) is 1.83. The van der Waals surface area contributed by atoms with E-state index in [1.165, 1.54) is 0 Å². The molecule has 0 spiro atoms. The Hall–Kier alpha value is -1.81. The first-order chi connectivity index (χ1) is 9.70. The average molecular weight is 276 g/mol. The summed E-state index contributed by atoms with van der Waals surface area (Å²) in [5.41, 5.74) is 1.41. The van der Waals surface area contributed by atoms with Crippen LogP contribution in [0.1, 0.15) is 17.7 Å². The number of hydrogen-bond donors (Lipinski definition) is 1. The van der Waals surface area contributed by atoms with E-state index in [9.17, 15) is 8.78 Å². The van der Waals surface area contributed by atoms with Crippen LogP contribution in [0.5, 0.6) is 0 Å². The summed E-state index contributed by atoms with van der Waals surface area (Å²) in [6.07, 6.45) is 3.86. The summed E-state index contributed by atoms with van der Waals surface area (Å²) < 4.78 is 26.8. The lowest BCUT2D eigenvalue weighted by Crippen LogP contribution is -2.28. The number of likely N-dealkylation sites (N-methyl/N-ethyl adjacent to an activating group) is 1. The molecule has 0 radical (unpaired) electrons. The normalized spacial score (nSPS) is 12.3. The second kappa shape index (κ2) is 7.10. The molecule has 106 valence electrons. The van der Waals surface area contributed by atoms with E-state index in [4.69, 9.17) is 0 Å². The third-order valence-electron chi connectivity index (χ3n) is 3.38. The Kier molecular flexibility index (Phi) is 5.18. The Morgan fingerprint density at radius 1 is 1.15 bits per heavy atom. The molecule has 1 N–H and O–H groups in total. The maximum absolute atomic E-state index is 13.6. The summed E-state index contributed by atoms with van der Waals surface area (Å²) in [5, 5.41) is 3.15. The molecular formula is C16H18F2N2. The lowest BCUT2D eigenvalue weighted by molar-refractivity contribution is 0.472. The second-order valence-electron chi connectivity index (χ2n) is 4.76. The Labute approximate surface area is 117 Å². The van der Waals surface area contributed by atoms with Gasteiger partial charge in [0.15, 0.2) is 11.6 Å². The van der Waals surface area contributed by atoms with Crippen LogP contribution in [0.2, 0.25) is 0 Å². The van der Waals surface area contributed by atoms with Crippen molar-refractivity contribution in [3.8, 4) is 0 Å². The van der Waals surface area contributed by atoms with Gasteiger partial charge in [0.2, 0.25) is 0 Å². The van der Waals surface area contributed by atoms with Gasteiger partial charge in [-0.3, -0.25) is 4.98 Å². The first-order valence-corrected chi connectivity index (χ1v) is 6.70. The van der Waals surface area contributed by atoms with Crippen LogP contribution < -0.4 is 5.32 Å². The topological polar surface area (TPSA) is 24.9 Å². The number of pyridine rings is 1. The third kappa shape index (κ3) is 3.84. The molecule has 0 bridgehead atoms. The molecule has 0 saturated carbocycles. The number of aromatic nitrogens is 1. The number of nitrogens with one attached hydrogen (secondary N) is 1. The highest BCUT2D eigenvalue weighted by molar-refractivity contribution is 5.20. The molecule has 0 aliphatic rings. The molecule has 2 aromatic rings. The van der Waals surface area contributed by atoms with E-state index in [0.29, 0.717) is 12.0 Å². The molecule has 0 aliphatic carbocycles. The maximum atomic E-state index is 13.6. The predicted molar refractivity (Wildman–Crippen MR) is 75.5 cm³/mol. The molecule has 0 aliphatic heterocycles. The quantitative estimate of drug-likeness (QED) is 0.877. The summed E-state index contributed by atoms with van der Waals surface area (Å²) in [6, 6.07) is 10.2. The summed E-state index contributed by atoms with van der Waals surface area (Å²) in [5.74, 6) is -1.53. The number of benzene rings is 1. The van der Waals surface area contributed by atoms with Crippen LogP contribution in [0.4, 0.5) is 8.78 Å². The second-order valence-corrected chi connectivity index (χ2v) is 4.76. The van der Waals surface area contributed by atoms with Crippen molar-refractivity contribution < 1.29 is 8.78 Å². The van der Waals surface area contributed by atoms with Gasteiger partial charge in [0.05, 0.1) is 0 Å². The van der Waals surface area contributed by atoms with Crippen LogP contribution in [0.25, 0.3) is 0 Å². The van der Waals surface area contributed by atoms with Gasteiger partial charge in [-0.05, 0) is 50.1 Å². The largest absolute Gasteiger partial charge is 0.317 e. The van der Waals surface area contributed by atoms with Crippen LogP contribution in [0.3, 0.4) is 0 Å². The van der Waals surface area contributed by atoms with Crippen LogP contribution in [0.15, 0.2) is 42.6 Å². The zero-order valence-corrected chi connectivity index (χ0v) is 11.4. The highest BCUT2D eigenvalue weighted by Gasteiger charge is 2.13. The van der Waals surface area contributed by atoms with Crippen molar-refractivity contribution in [2.45, 2.75) is 25.3 Å². The van der Waals surface area contributed by atoms with Crippen molar-refractivity contribution in [1.29, 1.82) is 0 Å². The summed E-state index contributed by atoms with van der Waals surface area (Å²) in [4.78, 5) is 4.26. The van der Waals surface area contributed by atoms with E-state index in [1.807, 2.05) is 25.2 Å². The highest BCUT2D eigenvalue weighted by atomic mass is 19.2. The van der Waals surface area contributed by atoms with Gasteiger partial charge in [0.25, 0.3) is 0 Å². The monoisotopic (exact) mass is 276 g/mol. The molecule has 2 rings (SSSR count). The van der Waals surface area contributed by atoms with E-state index in [1.54, 1.807) is 18.3 Å². The number of hydrogen-bond acceptors (Lipinski definition) is 2. The summed E-state index contributed by atoms with van der Waals surface area (Å²) >= 11 is 0. The molecule has 4 heteroatoms. The van der Waals surface area contributed by atoms with Gasteiger partial charge in [0.1, 0.15) is 0 Å². The third-order valence-corrected chi connectivity index (χ3v) is 3.38. The minimum absolute atomic E-state index is 0.0910. The van der Waals surface area contributed by atoms with Gasteiger partial charge in [0, 0.05) is 17.9 Å². The first-order valence-electron chi connectivity index (χ1n) is 6.70. The Balaban J connectivity index is 1.97. The number of rotatable bonds is 6. The number of aryl methyl sites for hydroxylation is 1. The number of nitrogens with zero attached hydrogens (tertiary/aromatic N) is 1. The minimum Gasteiger partial charge on any atom is -0.317 e. The van der Waals surface area contributed by atoms with Gasteiger partial charge < -0.3 is 5.32 Å². The van der Waals surface area contributed by atoms with Gasteiger partial charge in [-0.25, -0.2) is 8.78 Å². The number of halogens is 2. The molecule has 1 aromatic heterocycles. The van der Waals surface area contributed by atoms with E-state index in [-0.39, 0.29) is 6.04 Å². The van der Waals surface area contributed by atoms with Crippen molar-refractivity contribution >= 4 is 0 Å². The molecule has 20 heavy (non-hydrogen) atoms. The van der Waals surface area contributed by atoms with Gasteiger partial charge in [-0.15, -0.1) is 0 Å². The zero-order valence-electron chi connectivity index (χ0n) is 11.4. The fourth-order valence-electron chi connectivity index (χ4n) is 2.19. The molecule has 1 heterocycles. The average Bonchev–Trinajstić information content (AvgIpc) is 2.49. The molecule has 1 aromatic carbocycles. The van der Waals surface area contributed by atoms with E-state index < -0.39 is 11.6 Å². The van der Waals surface area contributed by atoms with Crippen LogP contribution >= 0.6 is 0 Å². The van der Waals surface area contributed by atoms with Crippen molar-refractivity contribution in [1.82, 2.24) is 10.3 Å². The summed E-state index contributed by atoms with van der Waals surface area (Å²) in [6.45, 7) is 0. The maximum Gasteiger partial charge on any atom is 0.162 e. The molecular weight excluding hydrogens is 258 g/mol. The van der Waals surface area contributed by atoms with Gasteiger partial charge in [-0.1, -0.05) is 18.2 Å².